The number of aryl methyl sites for hydroxylation is 1. The molecule has 4 heteroatoms. The predicted octanol–water partition coefficient (Wildman–Crippen LogP) is 4.12. The standard InChI is InChI=1S/C13H15BrN2O/c1-7(2)11-12(17-16-13(11)15)9-6-8(3)4-5-10(9)14/h4-7H,1-3H3,(H2,15,16). The lowest BCUT2D eigenvalue weighted by molar-refractivity contribution is 0.434. The number of benzene rings is 1. The predicted molar refractivity (Wildman–Crippen MR) is 72.9 cm³/mol. The fourth-order valence-electron chi connectivity index (χ4n) is 1.87. The van der Waals surface area contributed by atoms with Crippen LogP contribution in [0, 0.1) is 6.92 Å². The Bertz CT molecular complexity index is 546. The number of nitrogens with two attached hydrogens (primary N) is 1. The van der Waals surface area contributed by atoms with Crippen LogP contribution in [0.1, 0.15) is 30.9 Å². The average Bonchev–Trinajstić information content (AvgIpc) is 2.64. The highest BCUT2D eigenvalue weighted by molar-refractivity contribution is 9.10. The van der Waals surface area contributed by atoms with Gasteiger partial charge < -0.3 is 10.3 Å². The van der Waals surface area contributed by atoms with Crippen molar-refractivity contribution in [1.29, 1.82) is 0 Å². The molecule has 1 heterocycles. The molecule has 1 aromatic heterocycles. The van der Waals surface area contributed by atoms with Gasteiger partial charge in [-0.25, -0.2) is 0 Å². The van der Waals surface area contributed by atoms with Gasteiger partial charge in [0.15, 0.2) is 11.6 Å². The average molecular weight is 295 g/mol. The van der Waals surface area contributed by atoms with Crippen LogP contribution in [0.4, 0.5) is 5.82 Å². The van der Waals surface area contributed by atoms with Gasteiger partial charge in [-0.05, 0) is 25.0 Å². The van der Waals surface area contributed by atoms with Gasteiger partial charge >= 0.3 is 0 Å². The highest BCUT2D eigenvalue weighted by Crippen LogP contribution is 2.37. The van der Waals surface area contributed by atoms with Crippen molar-refractivity contribution in [3.05, 3.63) is 33.8 Å². The molecule has 0 unspecified atom stereocenters. The van der Waals surface area contributed by atoms with Crippen LogP contribution in [0.3, 0.4) is 0 Å². The summed E-state index contributed by atoms with van der Waals surface area (Å²) in [5, 5.41) is 3.87. The van der Waals surface area contributed by atoms with Gasteiger partial charge in [-0.3, -0.25) is 0 Å². The van der Waals surface area contributed by atoms with E-state index in [9.17, 15) is 0 Å². The van der Waals surface area contributed by atoms with E-state index in [4.69, 9.17) is 10.3 Å². The number of aromatic nitrogens is 1. The van der Waals surface area contributed by atoms with Crippen molar-refractivity contribution in [3.8, 4) is 11.3 Å². The number of anilines is 1. The molecule has 0 aliphatic rings. The summed E-state index contributed by atoms with van der Waals surface area (Å²) in [6, 6.07) is 6.12. The van der Waals surface area contributed by atoms with E-state index in [0.29, 0.717) is 5.82 Å². The van der Waals surface area contributed by atoms with Gasteiger partial charge in [0.05, 0.1) is 0 Å². The molecule has 2 aromatic rings. The molecule has 0 spiro atoms. The molecule has 90 valence electrons. The van der Waals surface area contributed by atoms with Crippen LogP contribution in [-0.4, -0.2) is 5.16 Å². The fraction of sp³-hybridized carbons (Fsp3) is 0.308. The van der Waals surface area contributed by atoms with Gasteiger partial charge in [0.2, 0.25) is 0 Å². The Hall–Kier alpha value is -1.29. The third-order valence-electron chi connectivity index (χ3n) is 2.70. The molecule has 17 heavy (non-hydrogen) atoms. The second-order valence-electron chi connectivity index (χ2n) is 4.45. The van der Waals surface area contributed by atoms with Crippen LogP contribution in [0.5, 0.6) is 0 Å². The molecule has 0 aliphatic heterocycles. The SMILES string of the molecule is Cc1ccc(Br)c(-c2onc(N)c2C(C)C)c1. The highest BCUT2D eigenvalue weighted by Gasteiger charge is 2.20. The van der Waals surface area contributed by atoms with Crippen molar-refractivity contribution >= 4 is 21.7 Å². The molecule has 0 atom stereocenters. The Balaban J connectivity index is 2.64. The van der Waals surface area contributed by atoms with E-state index in [-0.39, 0.29) is 5.92 Å². The second kappa shape index (κ2) is 4.53. The van der Waals surface area contributed by atoms with Crippen molar-refractivity contribution in [1.82, 2.24) is 5.16 Å². The normalized spacial score (nSPS) is 11.1. The van der Waals surface area contributed by atoms with Crippen molar-refractivity contribution in [2.75, 3.05) is 5.73 Å². The summed E-state index contributed by atoms with van der Waals surface area (Å²) in [6.07, 6.45) is 0. The monoisotopic (exact) mass is 294 g/mol. The molecular formula is C13H15BrN2O. The zero-order chi connectivity index (χ0) is 12.6. The van der Waals surface area contributed by atoms with Crippen LogP contribution < -0.4 is 5.73 Å². The Morgan fingerprint density at radius 2 is 2.06 bits per heavy atom. The first-order chi connectivity index (χ1) is 8.00. The summed E-state index contributed by atoms with van der Waals surface area (Å²) >= 11 is 3.53. The summed E-state index contributed by atoms with van der Waals surface area (Å²) in [5.41, 5.74) is 8.99. The summed E-state index contributed by atoms with van der Waals surface area (Å²) in [6.45, 7) is 6.21. The summed E-state index contributed by atoms with van der Waals surface area (Å²) in [7, 11) is 0. The van der Waals surface area contributed by atoms with Gasteiger partial charge in [-0.15, -0.1) is 0 Å². The maximum absolute atomic E-state index is 5.85. The number of halogens is 1. The minimum Gasteiger partial charge on any atom is -0.381 e. The van der Waals surface area contributed by atoms with E-state index in [2.05, 4.69) is 41.0 Å². The molecule has 1 aromatic carbocycles. The fourth-order valence-corrected chi connectivity index (χ4v) is 2.30. The molecule has 0 bridgehead atoms. The first-order valence-electron chi connectivity index (χ1n) is 5.52. The quantitative estimate of drug-likeness (QED) is 0.906. The van der Waals surface area contributed by atoms with Crippen LogP contribution >= 0.6 is 15.9 Å². The molecule has 2 N–H and O–H groups in total. The maximum Gasteiger partial charge on any atom is 0.173 e. The van der Waals surface area contributed by atoms with Crippen LogP contribution in [0.25, 0.3) is 11.3 Å². The molecule has 2 rings (SSSR count). The zero-order valence-electron chi connectivity index (χ0n) is 10.1. The lowest BCUT2D eigenvalue weighted by atomic mass is 9.98. The maximum atomic E-state index is 5.85. The molecule has 0 fully saturated rings. The van der Waals surface area contributed by atoms with Crippen LogP contribution in [0.15, 0.2) is 27.2 Å². The topological polar surface area (TPSA) is 52.0 Å². The third kappa shape index (κ3) is 2.22. The first kappa shape index (κ1) is 12.2. The number of hydrogen-bond donors (Lipinski definition) is 1. The first-order valence-corrected chi connectivity index (χ1v) is 6.31. The van der Waals surface area contributed by atoms with Gasteiger partial charge in [-0.2, -0.15) is 0 Å². The van der Waals surface area contributed by atoms with E-state index in [1.54, 1.807) is 0 Å². The number of nitrogens with zero attached hydrogens (tertiary/aromatic N) is 1. The lowest BCUT2D eigenvalue weighted by Gasteiger charge is -2.07. The van der Waals surface area contributed by atoms with E-state index < -0.39 is 0 Å². The minimum atomic E-state index is 0.281. The highest BCUT2D eigenvalue weighted by atomic mass is 79.9. The lowest BCUT2D eigenvalue weighted by Crippen LogP contribution is -1.95. The zero-order valence-corrected chi connectivity index (χ0v) is 11.7. The van der Waals surface area contributed by atoms with Crippen LogP contribution in [0.2, 0.25) is 0 Å². The van der Waals surface area contributed by atoms with Crippen molar-refractivity contribution < 1.29 is 4.52 Å². The molecule has 0 radical (unpaired) electrons. The molecular weight excluding hydrogens is 280 g/mol. The smallest absolute Gasteiger partial charge is 0.173 e. The Morgan fingerprint density at radius 1 is 1.35 bits per heavy atom. The molecule has 0 amide bonds. The number of rotatable bonds is 2. The van der Waals surface area contributed by atoms with E-state index in [1.807, 2.05) is 19.1 Å². The third-order valence-corrected chi connectivity index (χ3v) is 3.39. The van der Waals surface area contributed by atoms with Crippen molar-refractivity contribution in [2.45, 2.75) is 26.7 Å². The summed E-state index contributed by atoms with van der Waals surface area (Å²) in [4.78, 5) is 0. The number of nitrogen functional groups attached to an aromatic ring is 1. The van der Waals surface area contributed by atoms with E-state index in [0.717, 1.165) is 21.4 Å². The molecule has 0 saturated heterocycles. The van der Waals surface area contributed by atoms with Crippen LogP contribution in [-0.2, 0) is 0 Å². The van der Waals surface area contributed by atoms with E-state index in [1.165, 1.54) is 5.56 Å². The number of hydrogen-bond acceptors (Lipinski definition) is 3. The van der Waals surface area contributed by atoms with E-state index >= 15 is 0 Å². The van der Waals surface area contributed by atoms with Gasteiger partial charge in [0.1, 0.15) is 0 Å². The summed E-state index contributed by atoms with van der Waals surface area (Å²) in [5.74, 6) is 1.51. The van der Waals surface area contributed by atoms with Gasteiger partial charge in [0.25, 0.3) is 0 Å². The van der Waals surface area contributed by atoms with Gasteiger partial charge in [-0.1, -0.05) is 46.6 Å². The Kier molecular flexibility index (Phi) is 3.24. The second-order valence-corrected chi connectivity index (χ2v) is 5.30. The van der Waals surface area contributed by atoms with Crippen molar-refractivity contribution in [2.24, 2.45) is 0 Å². The minimum absolute atomic E-state index is 0.281. The largest absolute Gasteiger partial charge is 0.381 e. The molecule has 3 nitrogen and oxygen atoms in total. The molecule has 0 saturated carbocycles. The van der Waals surface area contributed by atoms with Crippen molar-refractivity contribution in [3.63, 3.8) is 0 Å². The van der Waals surface area contributed by atoms with Gasteiger partial charge in [0, 0.05) is 15.6 Å². The Labute approximate surface area is 109 Å². The molecule has 0 aliphatic carbocycles. The summed E-state index contributed by atoms with van der Waals surface area (Å²) < 4.78 is 6.36. The Morgan fingerprint density at radius 3 is 2.71 bits per heavy atom.